The fourth-order valence-corrected chi connectivity index (χ4v) is 2.62. The molecule has 0 radical (unpaired) electrons. The Labute approximate surface area is 133 Å². The minimum absolute atomic E-state index is 0.379. The molecule has 0 saturated carbocycles. The highest BCUT2D eigenvalue weighted by atomic mass is 127. The first-order chi connectivity index (χ1) is 8.56. The topological polar surface area (TPSA) is 38.0 Å². The molecular formula is C13H10BrIN2S. The minimum Gasteiger partial charge on any atom is -0.389 e. The van der Waals surface area contributed by atoms with Crippen molar-refractivity contribution < 1.29 is 0 Å². The Morgan fingerprint density at radius 2 is 2.00 bits per heavy atom. The lowest BCUT2D eigenvalue weighted by Gasteiger charge is -2.12. The summed E-state index contributed by atoms with van der Waals surface area (Å²) < 4.78 is 2.13. The zero-order valence-corrected chi connectivity index (χ0v) is 13.8. The van der Waals surface area contributed by atoms with E-state index in [9.17, 15) is 0 Å². The number of rotatable bonds is 3. The molecule has 0 aromatic heterocycles. The van der Waals surface area contributed by atoms with E-state index in [0.29, 0.717) is 4.99 Å². The number of hydrogen-bond acceptors (Lipinski definition) is 2. The summed E-state index contributed by atoms with van der Waals surface area (Å²) in [5, 5.41) is 3.33. The molecule has 0 unspecified atom stereocenters. The summed E-state index contributed by atoms with van der Waals surface area (Å²) in [4.78, 5) is 0.379. The van der Waals surface area contributed by atoms with Gasteiger partial charge >= 0.3 is 0 Å². The SMILES string of the molecule is NC(=S)c1cc(Br)ccc1Nc1cccc(I)c1. The predicted octanol–water partition coefficient (Wildman–Crippen LogP) is 4.43. The fourth-order valence-electron chi connectivity index (χ4n) is 1.55. The molecule has 0 amide bonds. The summed E-state index contributed by atoms with van der Waals surface area (Å²) in [6.45, 7) is 0. The molecule has 0 fully saturated rings. The van der Waals surface area contributed by atoms with Crippen LogP contribution < -0.4 is 11.1 Å². The van der Waals surface area contributed by atoms with E-state index in [1.54, 1.807) is 0 Å². The first-order valence-electron chi connectivity index (χ1n) is 5.18. The molecule has 0 aliphatic rings. The van der Waals surface area contributed by atoms with Crippen molar-refractivity contribution in [1.82, 2.24) is 0 Å². The molecule has 2 nitrogen and oxygen atoms in total. The van der Waals surface area contributed by atoms with Gasteiger partial charge in [0.15, 0.2) is 0 Å². The fraction of sp³-hybridized carbons (Fsp3) is 0. The molecule has 0 spiro atoms. The Bertz CT molecular complexity index is 601. The number of anilines is 2. The molecule has 2 rings (SSSR count). The highest BCUT2D eigenvalue weighted by molar-refractivity contribution is 14.1. The van der Waals surface area contributed by atoms with Gasteiger partial charge in [-0.15, -0.1) is 0 Å². The Morgan fingerprint density at radius 1 is 1.22 bits per heavy atom. The van der Waals surface area contributed by atoms with Crippen molar-refractivity contribution in [3.05, 3.63) is 56.1 Å². The first kappa shape index (κ1) is 13.8. The molecule has 5 heteroatoms. The molecule has 0 saturated heterocycles. The maximum Gasteiger partial charge on any atom is 0.106 e. The van der Waals surface area contributed by atoms with Gasteiger partial charge < -0.3 is 11.1 Å². The molecule has 0 heterocycles. The molecule has 2 aromatic carbocycles. The van der Waals surface area contributed by atoms with Gasteiger partial charge in [0, 0.05) is 25.0 Å². The van der Waals surface area contributed by atoms with Gasteiger partial charge in [0.1, 0.15) is 4.99 Å². The third-order valence-electron chi connectivity index (χ3n) is 2.35. The highest BCUT2D eigenvalue weighted by Crippen LogP contribution is 2.25. The number of nitrogens with two attached hydrogens (primary N) is 1. The molecular weight excluding hydrogens is 423 g/mol. The second kappa shape index (κ2) is 5.99. The van der Waals surface area contributed by atoms with Crippen molar-refractivity contribution in [2.75, 3.05) is 5.32 Å². The number of thiocarbonyl (C=S) groups is 1. The van der Waals surface area contributed by atoms with Crippen molar-refractivity contribution in [3.8, 4) is 0 Å². The molecule has 0 bridgehead atoms. The predicted molar refractivity (Wildman–Crippen MR) is 92.5 cm³/mol. The van der Waals surface area contributed by atoms with Gasteiger partial charge in [-0.3, -0.25) is 0 Å². The van der Waals surface area contributed by atoms with E-state index in [0.717, 1.165) is 21.4 Å². The van der Waals surface area contributed by atoms with E-state index in [-0.39, 0.29) is 0 Å². The molecule has 92 valence electrons. The normalized spacial score (nSPS) is 10.1. The van der Waals surface area contributed by atoms with E-state index >= 15 is 0 Å². The van der Waals surface area contributed by atoms with Crippen LogP contribution in [0.25, 0.3) is 0 Å². The minimum atomic E-state index is 0.379. The van der Waals surface area contributed by atoms with E-state index in [1.807, 2.05) is 36.4 Å². The summed E-state index contributed by atoms with van der Waals surface area (Å²) in [6, 6.07) is 13.9. The van der Waals surface area contributed by atoms with Gasteiger partial charge in [0.2, 0.25) is 0 Å². The van der Waals surface area contributed by atoms with Crippen LogP contribution in [-0.2, 0) is 0 Å². The maximum atomic E-state index is 5.74. The van der Waals surface area contributed by atoms with Crippen LogP contribution in [0.1, 0.15) is 5.56 Å². The smallest absolute Gasteiger partial charge is 0.106 e. The second-order valence-electron chi connectivity index (χ2n) is 3.69. The van der Waals surface area contributed by atoms with Gasteiger partial charge in [-0.1, -0.05) is 34.2 Å². The quantitative estimate of drug-likeness (QED) is 0.556. The molecule has 3 N–H and O–H groups in total. The van der Waals surface area contributed by atoms with Crippen LogP contribution in [0.15, 0.2) is 46.9 Å². The van der Waals surface area contributed by atoms with Gasteiger partial charge in [-0.05, 0) is 59.0 Å². The summed E-state index contributed by atoms with van der Waals surface area (Å²) in [7, 11) is 0. The molecule has 18 heavy (non-hydrogen) atoms. The van der Waals surface area contributed by atoms with Gasteiger partial charge in [-0.2, -0.15) is 0 Å². The largest absolute Gasteiger partial charge is 0.389 e. The van der Waals surface area contributed by atoms with Crippen molar-refractivity contribution in [1.29, 1.82) is 0 Å². The molecule has 0 atom stereocenters. The highest BCUT2D eigenvalue weighted by Gasteiger charge is 2.06. The van der Waals surface area contributed by atoms with Gasteiger partial charge in [0.25, 0.3) is 0 Å². The zero-order valence-electron chi connectivity index (χ0n) is 9.28. The third-order valence-corrected chi connectivity index (χ3v) is 3.73. The second-order valence-corrected chi connectivity index (χ2v) is 6.29. The average molecular weight is 433 g/mol. The van der Waals surface area contributed by atoms with Crippen molar-refractivity contribution >= 4 is 67.1 Å². The van der Waals surface area contributed by atoms with Crippen molar-refractivity contribution in [2.45, 2.75) is 0 Å². The van der Waals surface area contributed by atoms with Gasteiger partial charge in [0.05, 0.1) is 0 Å². The lowest BCUT2D eigenvalue weighted by molar-refractivity contribution is 1.50. The number of nitrogens with one attached hydrogen (secondary N) is 1. The average Bonchev–Trinajstić information content (AvgIpc) is 2.31. The van der Waals surface area contributed by atoms with Crippen LogP contribution in [0.4, 0.5) is 11.4 Å². The van der Waals surface area contributed by atoms with Crippen LogP contribution >= 0.6 is 50.7 Å². The van der Waals surface area contributed by atoms with E-state index in [1.165, 1.54) is 3.57 Å². The van der Waals surface area contributed by atoms with E-state index in [4.69, 9.17) is 18.0 Å². The Kier molecular flexibility index (Phi) is 4.58. The van der Waals surface area contributed by atoms with Crippen molar-refractivity contribution in [3.63, 3.8) is 0 Å². The maximum absolute atomic E-state index is 5.74. The summed E-state index contributed by atoms with van der Waals surface area (Å²) in [5.41, 5.74) is 8.49. The summed E-state index contributed by atoms with van der Waals surface area (Å²) >= 11 is 10.8. The zero-order chi connectivity index (χ0) is 13.1. The number of hydrogen-bond donors (Lipinski definition) is 2. The summed E-state index contributed by atoms with van der Waals surface area (Å²) in [6.07, 6.45) is 0. The first-order valence-corrected chi connectivity index (χ1v) is 7.46. The Morgan fingerprint density at radius 3 is 2.67 bits per heavy atom. The monoisotopic (exact) mass is 432 g/mol. The van der Waals surface area contributed by atoms with Crippen LogP contribution in [0.3, 0.4) is 0 Å². The van der Waals surface area contributed by atoms with Crippen LogP contribution in [0.2, 0.25) is 0 Å². The summed E-state index contributed by atoms with van der Waals surface area (Å²) in [5.74, 6) is 0. The van der Waals surface area contributed by atoms with Crippen LogP contribution in [0.5, 0.6) is 0 Å². The molecule has 2 aromatic rings. The lowest BCUT2D eigenvalue weighted by atomic mass is 10.1. The third kappa shape index (κ3) is 3.43. The number of halogens is 2. The molecule has 0 aliphatic carbocycles. The van der Waals surface area contributed by atoms with E-state index < -0.39 is 0 Å². The van der Waals surface area contributed by atoms with Crippen molar-refractivity contribution in [2.24, 2.45) is 5.73 Å². The Hall–Kier alpha value is -0.660. The van der Waals surface area contributed by atoms with Gasteiger partial charge in [-0.25, -0.2) is 0 Å². The van der Waals surface area contributed by atoms with E-state index in [2.05, 4.69) is 49.9 Å². The van der Waals surface area contributed by atoms with Crippen LogP contribution in [-0.4, -0.2) is 4.99 Å². The lowest BCUT2D eigenvalue weighted by Crippen LogP contribution is -2.12. The Balaban J connectivity index is 2.37. The van der Waals surface area contributed by atoms with Crippen LogP contribution in [0, 0.1) is 3.57 Å². The number of benzene rings is 2. The standard InChI is InChI=1S/C13H10BrIN2S/c14-8-4-5-12(11(6-8)13(16)18)17-10-3-1-2-9(15)7-10/h1-7,17H,(H2,16,18). The molecule has 0 aliphatic heterocycles.